The van der Waals surface area contributed by atoms with Crippen LogP contribution < -0.4 is 0 Å². The molecule has 4 saturated heterocycles. The van der Waals surface area contributed by atoms with Gasteiger partial charge in [0.25, 0.3) is 0 Å². The van der Waals surface area contributed by atoms with Crippen LogP contribution in [0.1, 0.15) is 108 Å². The zero-order chi connectivity index (χ0) is 43.6. The number of ether oxygens (including phenoxy) is 7. The maximum absolute atomic E-state index is 7.44. The van der Waals surface area contributed by atoms with Crippen LogP contribution in [0.15, 0.2) is 24.3 Å². The molecule has 4 rings (SSSR count). The Bertz CT molecular complexity index is 1350. The first-order valence-electron chi connectivity index (χ1n) is 22.6. The SMILES string of the molecule is C=C1C[C@H](COCOCC[Si](C)(C)C)O[C@H]1CC[C@H]1C[C@@H](C)C(=C)[C@H](C[C@@H]2O[C@@H](C[C@@H]3COC(C)(C)O3)[C@@H](O[Si](C)(C)C(C)(C)C)[C@H](C)[C@H]2O[Si](C)(C)C(C)(C)C)O1. The second-order valence-electron chi connectivity index (χ2n) is 23.0. The molecule has 0 aromatic rings. The van der Waals surface area contributed by atoms with Gasteiger partial charge in [-0.3, -0.25) is 0 Å². The van der Waals surface area contributed by atoms with E-state index in [4.69, 9.17) is 42.0 Å². The van der Waals surface area contributed by atoms with E-state index in [2.05, 4.69) is 114 Å². The molecular formula is C46H88O9Si3. The first-order chi connectivity index (χ1) is 26.5. The number of hydrogen-bond donors (Lipinski definition) is 0. The van der Waals surface area contributed by atoms with Gasteiger partial charge in [0, 0.05) is 33.4 Å². The van der Waals surface area contributed by atoms with Crippen molar-refractivity contribution in [2.45, 2.75) is 230 Å². The van der Waals surface area contributed by atoms with Crippen LogP contribution in [0.4, 0.5) is 0 Å². The Morgan fingerprint density at radius 1 is 0.724 bits per heavy atom. The van der Waals surface area contributed by atoms with E-state index in [1.807, 2.05) is 13.8 Å². The van der Waals surface area contributed by atoms with Gasteiger partial charge in [-0.05, 0) is 98.9 Å². The second kappa shape index (κ2) is 19.7. The highest BCUT2D eigenvalue weighted by atomic mass is 28.4. The molecular weight excluding hydrogens is 781 g/mol. The van der Waals surface area contributed by atoms with Crippen molar-refractivity contribution in [2.75, 3.05) is 26.6 Å². The van der Waals surface area contributed by atoms with Gasteiger partial charge in [0.2, 0.25) is 0 Å². The molecule has 11 atom stereocenters. The molecule has 338 valence electrons. The molecule has 0 radical (unpaired) electrons. The molecule has 4 fully saturated rings. The van der Waals surface area contributed by atoms with E-state index >= 15 is 0 Å². The van der Waals surface area contributed by atoms with Gasteiger partial charge in [-0.1, -0.05) is 88.2 Å². The van der Waals surface area contributed by atoms with Gasteiger partial charge in [0.15, 0.2) is 22.4 Å². The molecule has 0 bridgehead atoms. The van der Waals surface area contributed by atoms with Gasteiger partial charge in [-0.15, -0.1) is 0 Å². The molecule has 58 heavy (non-hydrogen) atoms. The molecule has 0 aromatic heterocycles. The second-order valence-corrected chi connectivity index (χ2v) is 38.2. The van der Waals surface area contributed by atoms with Gasteiger partial charge >= 0.3 is 0 Å². The third kappa shape index (κ3) is 13.9. The van der Waals surface area contributed by atoms with E-state index in [1.54, 1.807) is 0 Å². The lowest BCUT2D eigenvalue weighted by Gasteiger charge is -2.53. The van der Waals surface area contributed by atoms with Gasteiger partial charge in [-0.2, -0.15) is 0 Å². The van der Waals surface area contributed by atoms with E-state index in [0.29, 0.717) is 38.8 Å². The van der Waals surface area contributed by atoms with E-state index in [1.165, 1.54) is 0 Å². The van der Waals surface area contributed by atoms with Gasteiger partial charge in [-0.25, -0.2) is 0 Å². The summed E-state index contributed by atoms with van der Waals surface area (Å²) in [5.74, 6) is -0.193. The van der Waals surface area contributed by atoms with Crippen molar-refractivity contribution in [3.8, 4) is 0 Å². The smallest absolute Gasteiger partial charge is 0.192 e. The van der Waals surface area contributed by atoms with Crippen molar-refractivity contribution in [3.63, 3.8) is 0 Å². The minimum atomic E-state index is -2.22. The fourth-order valence-corrected chi connectivity index (χ4v) is 11.7. The van der Waals surface area contributed by atoms with Gasteiger partial charge in [0.05, 0.1) is 68.1 Å². The van der Waals surface area contributed by atoms with E-state index < -0.39 is 30.5 Å². The fourth-order valence-electron chi connectivity index (χ4n) is 8.19. The van der Waals surface area contributed by atoms with Crippen molar-refractivity contribution in [1.29, 1.82) is 0 Å². The lowest BCUT2D eigenvalue weighted by atomic mass is 9.80. The highest BCUT2D eigenvalue weighted by Crippen LogP contribution is 2.47. The number of rotatable bonds is 18. The third-order valence-electron chi connectivity index (χ3n) is 14.1. The van der Waals surface area contributed by atoms with Crippen molar-refractivity contribution < 1.29 is 42.0 Å². The molecule has 0 N–H and O–H groups in total. The van der Waals surface area contributed by atoms with Crippen LogP contribution in [0.5, 0.6) is 0 Å². The molecule has 12 heteroatoms. The first-order valence-corrected chi connectivity index (χ1v) is 32.2. The largest absolute Gasteiger partial charge is 0.411 e. The fraction of sp³-hybridized carbons (Fsp3) is 0.913. The third-order valence-corrected chi connectivity index (χ3v) is 24.8. The number of hydrogen-bond acceptors (Lipinski definition) is 9. The predicted molar refractivity (Wildman–Crippen MR) is 244 cm³/mol. The molecule has 0 spiro atoms. The highest BCUT2D eigenvalue weighted by Gasteiger charge is 2.53. The maximum atomic E-state index is 7.44. The summed E-state index contributed by atoms with van der Waals surface area (Å²) in [4.78, 5) is 0. The topological polar surface area (TPSA) is 83.1 Å². The molecule has 0 amide bonds. The zero-order valence-electron chi connectivity index (χ0n) is 40.2. The van der Waals surface area contributed by atoms with Crippen molar-refractivity contribution in [1.82, 2.24) is 0 Å². The van der Waals surface area contributed by atoms with Crippen LogP contribution in [0.2, 0.25) is 61.9 Å². The quantitative estimate of drug-likeness (QED) is 0.0579. The Hall–Kier alpha value is -0.229. The van der Waals surface area contributed by atoms with Crippen LogP contribution >= 0.6 is 0 Å². The van der Waals surface area contributed by atoms with Crippen LogP contribution in [0.3, 0.4) is 0 Å². The summed E-state index contributed by atoms with van der Waals surface area (Å²) in [5.41, 5.74) is 2.30. The molecule has 0 aliphatic carbocycles. The Kier molecular flexibility index (Phi) is 17.1. The minimum Gasteiger partial charge on any atom is -0.411 e. The first kappa shape index (κ1) is 50.4. The maximum Gasteiger partial charge on any atom is 0.192 e. The summed E-state index contributed by atoms with van der Waals surface area (Å²) in [6.45, 7) is 50.1. The lowest BCUT2D eigenvalue weighted by molar-refractivity contribution is -0.209. The van der Waals surface area contributed by atoms with Crippen LogP contribution in [-0.4, -0.2) is 112 Å². The predicted octanol–water partition coefficient (Wildman–Crippen LogP) is 11.3. The molecule has 9 nitrogen and oxygen atoms in total. The average Bonchev–Trinajstić information content (AvgIpc) is 3.61. The van der Waals surface area contributed by atoms with E-state index in [-0.39, 0.29) is 70.9 Å². The molecule has 4 aliphatic heterocycles. The van der Waals surface area contributed by atoms with Crippen LogP contribution in [-0.2, 0) is 42.0 Å². The molecule has 0 aromatic carbocycles. The summed E-state index contributed by atoms with van der Waals surface area (Å²) >= 11 is 0. The average molecular weight is 869 g/mol. The Morgan fingerprint density at radius 2 is 1.29 bits per heavy atom. The molecule has 4 heterocycles. The molecule has 4 aliphatic rings. The summed E-state index contributed by atoms with van der Waals surface area (Å²) in [5, 5.41) is 0.0810. The Morgan fingerprint density at radius 3 is 1.83 bits per heavy atom. The van der Waals surface area contributed by atoms with Crippen molar-refractivity contribution in [2.24, 2.45) is 11.8 Å². The van der Waals surface area contributed by atoms with Crippen molar-refractivity contribution >= 4 is 24.7 Å². The highest BCUT2D eigenvalue weighted by molar-refractivity contribution is 6.76. The van der Waals surface area contributed by atoms with E-state index in [0.717, 1.165) is 49.5 Å². The van der Waals surface area contributed by atoms with Crippen LogP contribution in [0.25, 0.3) is 0 Å². The minimum absolute atomic E-state index is 0.0131. The van der Waals surface area contributed by atoms with Crippen molar-refractivity contribution in [3.05, 3.63) is 24.3 Å². The summed E-state index contributed by atoms with van der Waals surface area (Å²) in [7, 11) is -5.52. The normalized spacial score (nSPS) is 34.3. The standard InChI is InChI=1S/C46H88O9Si3/c1-31-24-35(20-21-38-32(2)25-36(51-38)28-48-30-47-22-23-56(13,14)15)50-39(33(31)3)27-41-43(55-58(18,19)45(8,9)10)34(4)42(54-57(16,17)44(5,6)7)40(52-41)26-37-29-49-46(11,12)53-37/h31,34-43H,2-3,20-30H2,1,4-19H3/t31-,34+,35+,36-,37-,38+,39+,40+,41+,42+,43-/m1/s1. The summed E-state index contributed by atoms with van der Waals surface area (Å²) < 4.78 is 59.7. The molecule has 0 saturated carbocycles. The lowest BCUT2D eigenvalue weighted by Crippen LogP contribution is -2.62. The Balaban J connectivity index is 1.48. The summed E-state index contributed by atoms with van der Waals surface area (Å²) in [6, 6.07) is 1.14. The monoisotopic (exact) mass is 869 g/mol. The zero-order valence-corrected chi connectivity index (χ0v) is 43.2. The van der Waals surface area contributed by atoms with Gasteiger partial charge < -0.3 is 42.0 Å². The van der Waals surface area contributed by atoms with Crippen LogP contribution in [0, 0.1) is 11.8 Å². The molecule has 0 unspecified atom stereocenters. The Labute approximate surface area is 358 Å². The van der Waals surface area contributed by atoms with E-state index in [9.17, 15) is 0 Å². The summed E-state index contributed by atoms with van der Waals surface area (Å²) in [6.07, 6.45) is 4.16. The van der Waals surface area contributed by atoms with Gasteiger partial charge in [0.1, 0.15) is 6.79 Å².